The molecule has 2 rings (SSSR count). The number of aromatic nitrogens is 1. The Balaban J connectivity index is 2.31. The highest BCUT2D eigenvalue weighted by molar-refractivity contribution is 6.30. The van der Waals surface area contributed by atoms with Crippen molar-refractivity contribution in [2.24, 2.45) is 0 Å². The Morgan fingerprint density at radius 1 is 1.35 bits per heavy atom. The van der Waals surface area contributed by atoms with Crippen molar-refractivity contribution in [2.75, 3.05) is 5.73 Å². The molecule has 0 aliphatic rings. The van der Waals surface area contributed by atoms with E-state index in [0.29, 0.717) is 11.4 Å². The molecule has 2 N–H and O–H groups in total. The topological polar surface area (TPSA) is 48.1 Å². The summed E-state index contributed by atoms with van der Waals surface area (Å²) in [7, 11) is 0. The van der Waals surface area contributed by atoms with Crippen LogP contribution in [-0.4, -0.2) is 4.98 Å². The average Bonchev–Trinajstić information content (AvgIpc) is 2.25. The molecule has 17 heavy (non-hydrogen) atoms. The first-order valence-electron chi connectivity index (χ1n) is 4.91. The highest BCUT2D eigenvalue weighted by Gasteiger charge is 2.09. The zero-order valence-electron chi connectivity index (χ0n) is 9.08. The summed E-state index contributed by atoms with van der Waals surface area (Å²) in [6.45, 7) is 1.90. The number of nitrogen functional groups attached to an aromatic ring is 1. The second-order valence-corrected chi connectivity index (χ2v) is 4.02. The second-order valence-electron chi connectivity index (χ2n) is 3.58. The Hall–Kier alpha value is -1.81. The normalized spacial score (nSPS) is 10.3. The fraction of sp³-hybridized carbons (Fsp3) is 0.0833. The van der Waals surface area contributed by atoms with E-state index in [1.807, 2.05) is 13.0 Å². The number of anilines is 1. The largest absolute Gasteiger partial charge is 0.434 e. The molecule has 5 heteroatoms. The van der Waals surface area contributed by atoms with Gasteiger partial charge in [-0.15, -0.1) is 0 Å². The third-order valence-electron chi connectivity index (χ3n) is 2.15. The van der Waals surface area contributed by atoms with Gasteiger partial charge in [0.05, 0.1) is 10.7 Å². The summed E-state index contributed by atoms with van der Waals surface area (Å²) in [4.78, 5) is 3.75. The van der Waals surface area contributed by atoms with E-state index >= 15 is 0 Å². The van der Waals surface area contributed by atoms with Crippen molar-refractivity contribution in [3.05, 3.63) is 46.9 Å². The molecule has 88 valence electrons. The molecule has 0 saturated heterocycles. The summed E-state index contributed by atoms with van der Waals surface area (Å²) in [5.74, 6) is -0.410. The summed E-state index contributed by atoms with van der Waals surface area (Å²) in [5, 5.41) is 0.215. The number of halogens is 2. The molecular formula is C12H10ClFN2O. The van der Waals surface area contributed by atoms with Crippen LogP contribution in [0.25, 0.3) is 0 Å². The fourth-order valence-corrected chi connectivity index (χ4v) is 1.49. The van der Waals surface area contributed by atoms with Gasteiger partial charge in [0.15, 0.2) is 11.6 Å². The monoisotopic (exact) mass is 252 g/mol. The maximum Gasteiger partial charge on any atom is 0.256 e. The molecule has 0 radical (unpaired) electrons. The van der Waals surface area contributed by atoms with Crippen LogP contribution in [0.1, 0.15) is 5.56 Å². The molecule has 3 nitrogen and oxygen atoms in total. The minimum atomic E-state index is -0.627. The van der Waals surface area contributed by atoms with E-state index in [9.17, 15) is 4.39 Å². The van der Waals surface area contributed by atoms with E-state index in [4.69, 9.17) is 22.1 Å². The second kappa shape index (κ2) is 4.59. The third kappa shape index (κ3) is 2.65. The average molecular weight is 253 g/mol. The first-order valence-corrected chi connectivity index (χ1v) is 5.29. The first kappa shape index (κ1) is 11.7. The van der Waals surface area contributed by atoms with Crippen molar-refractivity contribution in [1.82, 2.24) is 4.98 Å². The highest BCUT2D eigenvalue weighted by atomic mass is 35.5. The van der Waals surface area contributed by atoms with Gasteiger partial charge in [-0.2, -0.15) is 0 Å². The molecule has 1 aromatic heterocycles. The summed E-state index contributed by atoms with van der Waals surface area (Å²) in [6, 6.07) is 6.36. The lowest BCUT2D eigenvalue weighted by Crippen LogP contribution is -1.96. The van der Waals surface area contributed by atoms with E-state index < -0.39 is 5.82 Å². The Morgan fingerprint density at radius 2 is 2.12 bits per heavy atom. The lowest BCUT2D eigenvalue weighted by atomic mass is 10.2. The molecule has 0 fully saturated rings. The van der Waals surface area contributed by atoms with Gasteiger partial charge < -0.3 is 10.5 Å². The van der Waals surface area contributed by atoms with Gasteiger partial charge in [-0.25, -0.2) is 9.37 Å². The van der Waals surface area contributed by atoms with Crippen LogP contribution in [0.2, 0.25) is 5.02 Å². The van der Waals surface area contributed by atoms with E-state index in [-0.39, 0.29) is 10.9 Å². The quantitative estimate of drug-likeness (QED) is 0.832. The van der Waals surface area contributed by atoms with Crippen LogP contribution in [0.15, 0.2) is 30.5 Å². The molecule has 0 amide bonds. The zero-order chi connectivity index (χ0) is 12.4. The van der Waals surface area contributed by atoms with Gasteiger partial charge in [-0.05, 0) is 30.7 Å². The fourth-order valence-electron chi connectivity index (χ4n) is 1.34. The Bertz CT molecular complexity index is 511. The predicted molar refractivity (Wildman–Crippen MR) is 64.9 cm³/mol. The van der Waals surface area contributed by atoms with Gasteiger partial charge in [0.25, 0.3) is 5.88 Å². The maximum absolute atomic E-state index is 13.4. The van der Waals surface area contributed by atoms with Crippen LogP contribution < -0.4 is 10.5 Å². The van der Waals surface area contributed by atoms with Crippen molar-refractivity contribution < 1.29 is 9.13 Å². The highest BCUT2D eigenvalue weighted by Crippen LogP contribution is 2.29. The predicted octanol–water partition coefficient (Wildman–Crippen LogP) is 3.56. The zero-order valence-corrected chi connectivity index (χ0v) is 9.83. The van der Waals surface area contributed by atoms with Crippen LogP contribution in [0.3, 0.4) is 0 Å². The minimum absolute atomic E-state index is 0.148. The van der Waals surface area contributed by atoms with E-state index in [0.717, 1.165) is 11.6 Å². The van der Waals surface area contributed by atoms with Gasteiger partial charge in [-0.1, -0.05) is 17.7 Å². The van der Waals surface area contributed by atoms with Gasteiger partial charge in [0.2, 0.25) is 0 Å². The van der Waals surface area contributed by atoms with Crippen molar-refractivity contribution in [1.29, 1.82) is 0 Å². The number of aryl methyl sites for hydroxylation is 1. The molecule has 0 aliphatic carbocycles. The van der Waals surface area contributed by atoms with E-state index in [2.05, 4.69) is 4.98 Å². The van der Waals surface area contributed by atoms with Crippen molar-refractivity contribution in [3.63, 3.8) is 0 Å². The Kier molecular flexibility index (Phi) is 3.15. The summed E-state index contributed by atoms with van der Waals surface area (Å²) in [6.07, 6.45) is 1.31. The van der Waals surface area contributed by atoms with Crippen molar-refractivity contribution in [2.45, 2.75) is 6.92 Å². The smallest absolute Gasteiger partial charge is 0.256 e. The lowest BCUT2D eigenvalue weighted by molar-refractivity contribution is 0.424. The number of nitrogens with zero attached hydrogens (tertiary/aromatic N) is 1. The van der Waals surface area contributed by atoms with Gasteiger partial charge >= 0.3 is 0 Å². The van der Waals surface area contributed by atoms with Crippen LogP contribution in [0.4, 0.5) is 10.1 Å². The number of nitrogens with two attached hydrogens (primary N) is 1. The molecule has 0 unspecified atom stereocenters. The molecule has 0 saturated carbocycles. The number of hydrogen-bond donors (Lipinski definition) is 1. The molecule has 0 aliphatic heterocycles. The maximum atomic E-state index is 13.4. The summed E-state index contributed by atoms with van der Waals surface area (Å²) < 4.78 is 18.7. The molecule has 1 aromatic carbocycles. The first-order chi connectivity index (χ1) is 8.06. The Labute approximate surface area is 103 Å². The Morgan fingerprint density at radius 3 is 2.76 bits per heavy atom. The molecule has 0 atom stereocenters. The van der Waals surface area contributed by atoms with Crippen molar-refractivity contribution >= 4 is 17.3 Å². The number of pyridine rings is 1. The SMILES string of the molecule is Cc1ccc(Oc2ncc(Cl)cc2F)c(N)c1. The molecule has 0 spiro atoms. The molecular weight excluding hydrogens is 243 g/mol. The number of benzene rings is 1. The number of hydrogen-bond acceptors (Lipinski definition) is 3. The molecule has 0 bridgehead atoms. The molecule has 2 aromatic rings. The summed E-state index contributed by atoms with van der Waals surface area (Å²) in [5.41, 5.74) is 7.18. The standard InChI is InChI=1S/C12H10ClFN2O/c1-7-2-3-11(10(15)4-7)17-12-9(14)5-8(13)6-16-12/h2-6H,15H2,1H3. The van der Waals surface area contributed by atoms with Crippen molar-refractivity contribution in [3.8, 4) is 11.6 Å². The minimum Gasteiger partial charge on any atom is -0.434 e. The number of rotatable bonds is 2. The van der Waals surface area contributed by atoms with Crippen LogP contribution in [0, 0.1) is 12.7 Å². The van der Waals surface area contributed by atoms with Gasteiger partial charge in [0, 0.05) is 6.20 Å². The van der Waals surface area contributed by atoms with Gasteiger partial charge in [0.1, 0.15) is 0 Å². The van der Waals surface area contributed by atoms with Gasteiger partial charge in [-0.3, -0.25) is 0 Å². The molecule has 1 heterocycles. The third-order valence-corrected chi connectivity index (χ3v) is 2.35. The van der Waals surface area contributed by atoms with E-state index in [1.54, 1.807) is 12.1 Å². The van der Waals surface area contributed by atoms with E-state index in [1.165, 1.54) is 6.20 Å². The lowest BCUT2D eigenvalue weighted by Gasteiger charge is -2.08. The van der Waals surface area contributed by atoms with Crippen LogP contribution in [-0.2, 0) is 0 Å². The number of ether oxygens (including phenoxy) is 1. The van der Waals surface area contributed by atoms with Crippen LogP contribution in [0.5, 0.6) is 11.6 Å². The summed E-state index contributed by atoms with van der Waals surface area (Å²) >= 11 is 5.59. The van der Waals surface area contributed by atoms with Crippen LogP contribution >= 0.6 is 11.6 Å².